The van der Waals surface area contributed by atoms with E-state index in [0.717, 1.165) is 33.7 Å². The predicted octanol–water partition coefficient (Wildman–Crippen LogP) is 5.20. The molecule has 1 radical (unpaired) electrons. The lowest BCUT2D eigenvalue weighted by Crippen LogP contribution is -2.00. The third-order valence-corrected chi connectivity index (χ3v) is 4.35. The zero-order chi connectivity index (χ0) is 19.2. The Kier molecular flexibility index (Phi) is 5.38. The zero-order valence-electron chi connectivity index (χ0n) is 15.6. The van der Waals surface area contributed by atoms with Crippen molar-refractivity contribution in [3.8, 4) is 17.2 Å². The van der Waals surface area contributed by atoms with E-state index < -0.39 is 0 Å². The van der Waals surface area contributed by atoms with Crippen molar-refractivity contribution in [1.29, 1.82) is 0 Å². The van der Waals surface area contributed by atoms with Crippen LogP contribution in [-0.2, 0) is 13.2 Å². The molecule has 0 saturated heterocycles. The Morgan fingerprint density at radius 3 is 2.50 bits per heavy atom. The third kappa shape index (κ3) is 4.23. The number of benzene rings is 3. The number of hydrogen-bond acceptors (Lipinski definition) is 4. The number of hydrogen-bond donors (Lipinski definition) is 0. The molecule has 4 heteroatoms. The molecule has 0 aliphatic heterocycles. The highest BCUT2D eigenvalue weighted by atomic mass is 16.5. The third-order valence-electron chi connectivity index (χ3n) is 4.35. The largest absolute Gasteiger partial charge is 0.496 e. The zero-order valence-corrected chi connectivity index (χ0v) is 15.6. The topological polar surface area (TPSA) is 40.6 Å². The Hall–Kier alpha value is -3.53. The van der Waals surface area contributed by atoms with Crippen molar-refractivity contribution in [2.45, 2.75) is 13.2 Å². The van der Waals surface area contributed by atoms with Gasteiger partial charge in [0.25, 0.3) is 0 Å². The number of aromatic nitrogens is 1. The second kappa shape index (κ2) is 8.44. The fourth-order valence-corrected chi connectivity index (χ4v) is 2.92. The molecule has 3 aromatic carbocycles. The molecule has 0 N–H and O–H groups in total. The molecule has 0 amide bonds. The van der Waals surface area contributed by atoms with Crippen molar-refractivity contribution in [3.63, 3.8) is 0 Å². The van der Waals surface area contributed by atoms with Crippen molar-refractivity contribution in [2.75, 3.05) is 7.11 Å². The molecule has 4 nitrogen and oxygen atoms in total. The van der Waals surface area contributed by atoms with Gasteiger partial charge in [-0.3, -0.25) is 0 Å². The van der Waals surface area contributed by atoms with Crippen LogP contribution in [0.3, 0.4) is 0 Å². The molecule has 139 valence electrons. The molecule has 4 rings (SSSR count). The van der Waals surface area contributed by atoms with Gasteiger partial charge < -0.3 is 14.2 Å². The maximum atomic E-state index is 5.91. The minimum atomic E-state index is 0.399. The molecular weight excluding hydrogens is 350 g/mol. The van der Waals surface area contributed by atoms with Gasteiger partial charge in [-0.2, -0.15) is 0 Å². The summed E-state index contributed by atoms with van der Waals surface area (Å²) in [4.78, 5) is 4.63. The standard InChI is InChI=1S/C24H20NO3/c1-26-24-12-5-3-8-19(24)16-27-21-9-6-10-22(15-21)28-17-20-14-13-18-7-2-4-11-23(18)25-20/h2-11,13-15H,16-17H2,1H3. The highest BCUT2D eigenvalue weighted by Crippen LogP contribution is 2.23. The second-order valence-electron chi connectivity index (χ2n) is 6.28. The fourth-order valence-electron chi connectivity index (χ4n) is 2.92. The average Bonchev–Trinajstić information content (AvgIpc) is 2.76. The van der Waals surface area contributed by atoms with Gasteiger partial charge in [-0.25, -0.2) is 4.98 Å². The van der Waals surface area contributed by atoms with Gasteiger partial charge in [0, 0.05) is 23.1 Å². The Morgan fingerprint density at radius 2 is 1.64 bits per heavy atom. The molecule has 4 aromatic rings. The summed E-state index contributed by atoms with van der Waals surface area (Å²) in [6, 6.07) is 28.4. The Labute approximate surface area is 164 Å². The number of pyridine rings is 1. The molecule has 0 saturated carbocycles. The number of nitrogens with zero attached hydrogens (tertiary/aromatic N) is 1. The molecule has 0 atom stereocenters. The molecule has 0 aliphatic rings. The number of ether oxygens (including phenoxy) is 3. The van der Waals surface area contributed by atoms with Crippen LogP contribution in [0.5, 0.6) is 17.2 Å². The minimum absolute atomic E-state index is 0.399. The summed E-state index contributed by atoms with van der Waals surface area (Å²) in [5, 5.41) is 1.12. The van der Waals surface area contributed by atoms with Gasteiger partial charge in [-0.1, -0.05) is 48.5 Å². The smallest absolute Gasteiger partial charge is 0.133 e. The highest BCUT2D eigenvalue weighted by Gasteiger charge is 2.05. The van der Waals surface area contributed by atoms with Gasteiger partial charge in [-0.15, -0.1) is 0 Å². The fraction of sp³-hybridized carbons (Fsp3) is 0.125. The van der Waals surface area contributed by atoms with Crippen LogP contribution in [0.2, 0.25) is 0 Å². The Morgan fingerprint density at radius 1 is 0.821 bits per heavy atom. The van der Waals surface area contributed by atoms with Crippen molar-refractivity contribution >= 4 is 10.9 Å². The molecule has 0 fully saturated rings. The van der Waals surface area contributed by atoms with Crippen LogP contribution >= 0.6 is 0 Å². The molecule has 0 aliphatic carbocycles. The van der Waals surface area contributed by atoms with Crippen molar-refractivity contribution < 1.29 is 14.2 Å². The normalized spacial score (nSPS) is 10.6. The van der Waals surface area contributed by atoms with E-state index in [1.165, 1.54) is 0 Å². The first-order valence-corrected chi connectivity index (χ1v) is 9.06. The molecule has 0 spiro atoms. The van der Waals surface area contributed by atoms with Crippen LogP contribution in [0.15, 0.2) is 78.9 Å². The monoisotopic (exact) mass is 370 g/mol. The van der Waals surface area contributed by atoms with E-state index in [1.54, 1.807) is 7.11 Å². The first-order valence-electron chi connectivity index (χ1n) is 9.06. The van der Waals surface area contributed by atoms with E-state index >= 15 is 0 Å². The minimum Gasteiger partial charge on any atom is -0.496 e. The predicted molar refractivity (Wildman–Crippen MR) is 109 cm³/mol. The number of para-hydroxylation sites is 2. The number of fused-ring (bicyclic) bond motifs is 1. The first-order chi connectivity index (χ1) is 13.8. The molecule has 1 aromatic heterocycles. The van der Waals surface area contributed by atoms with E-state index in [0.29, 0.717) is 19.0 Å². The summed E-state index contributed by atoms with van der Waals surface area (Å²) in [6.07, 6.45) is 0. The van der Waals surface area contributed by atoms with Gasteiger partial charge in [0.2, 0.25) is 0 Å². The molecule has 1 heterocycles. The van der Waals surface area contributed by atoms with Crippen molar-refractivity contribution in [3.05, 3.63) is 96.2 Å². The van der Waals surface area contributed by atoms with Crippen LogP contribution in [0.1, 0.15) is 11.3 Å². The molecule has 0 unspecified atom stereocenters. The van der Waals surface area contributed by atoms with Crippen LogP contribution in [0.4, 0.5) is 0 Å². The van der Waals surface area contributed by atoms with E-state index in [1.807, 2.05) is 72.8 Å². The van der Waals surface area contributed by atoms with Gasteiger partial charge in [0.15, 0.2) is 0 Å². The molecular formula is C24H20NO3. The van der Waals surface area contributed by atoms with Crippen LogP contribution in [0, 0.1) is 6.07 Å². The van der Waals surface area contributed by atoms with Crippen LogP contribution in [-0.4, -0.2) is 12.1 Å². The maximum Gasteiger partial charge on any atom is 0.133 e. The van der Waals surface area contributed by atoms with E-state index in [9.17, 15) is 0 Å². The van der Waals surface area contributed by atoms with Crippen LogP contribution < -0.4 is 14.2 Å². The summed E-state index contributed by atoms with van der Waals surface area (Å²) in [5.41, 5.74) is 2.79. The average molecular weight is 370 g/mol. The van der Waals surface area contributed by atoms with Gasteiger partial charge in [-0.05, 0) is 24.3 Å². The summed E-state index contributed by atoms with van der Waals surface area (Å²) in [6.45, 7) is 0.798. The highest BCUT2D eigenvalue weighted by molar-refractivity contribution is 5.78. The Balaban J connectivity index is 1.40. The second-order valence-corrected chi connectivity index (χ2v) is 6.28. The Bertz CT molecular complexity index is 1080. The summed E-state index contributed by atoms with van der Waals surface area (Å²) in [5.74, 6) is 2.16. The van der Waals surface area contributed by atoms with Gasteiger partial charge in [0.05, 0.1) is 18.3 Å². The molecule has 28 heavy (non-hydrogen) atoms. The number of rotatable bonds is 7. The van der Waals surface area contributed by atoms with Crippen molar-refractivity contribution in [2.24, 2.45) is 0 Å². The maximum absolute atomic E-state index is 5.91. The quantitative estimate of drug-likeness (QED) is 0.448. The summed E-state index contributed by atoms with van der Waals surface area (Å²) in [7, 11) is 1.63. The lowest BCUT2D eigenvalue weighted by Gasteiger charge is -2.11. The van der Waals surface area contributed by atoms with Gasteiger partial charge in [0.1, 0.15) is 30.5 Å². The van der Waals surface area contributed by atoms with E-state index in [-0.39, 0.29) is 0 Å². The van der Waals surface area contributed by atoms with Crippen LogP contribution in [0.25, 0.3) is 10.9 Å². The lowest BCUT2D eigenvalue weighted by molar-refractivity contribution is 0.283. The van der Waals surface area contributed by atoms with E-state index in [4.69, 9.17) is 14.2 Å². The van der Waals surface area contributed by atoms with E-state index in [2.05, 4.69) is 17.1 Å². The SMILES string of the molecule is COc1[c]cccc1COc1cccc(OCc2ccc3ccccc3n2)c1. The number of methoxy groups -OCH3 is 1. The van der Waals surface area contributed by atoms with Gasteiger partial charge >= 0.3 is 0 Å². The lowest BCUT2D eigenvalue weighted by atomic mass is 10.2. The first kappa shape index (κ1) is 17.9. The molecule has 0 bridgehead atoms. The van der Waals surface area contributed by atoms with Crippen molar-refractivity contribution in [1.82, 2.24) is 4.98 Å². The summed E-state index contributed by atoms with van der Waals surface area (Å²) >= 11 is 0. The summed E-state index contributed by atoms with van der Waals surface area (Å²) < 4.78 is 17.1.